The maximum atomic E-state index is 12.9. The van der Waals surface area contributed by atoms with Gasteiger partial charge in [-0.3, -0.25) is 9.59 Å². The van der Waals surface area contributed by atoms with Crippen molar-refractivity contribution in [1.82, 2.24) is 10.6 Å². The average Bonchev–Trinajstić information content (AvgIpc) is 0.776. The van der Waals surface area contributed by atoms with Gasteiger partial charge in [-0.2, -0.15) is 0 Å². The van der Waals surface area contributed by atoms with Crippen LogP contribution in [-0.4, -0.2) is 485 Å². The molecule has 29 N–H and O–H groups in total. The monoisotopic (exact) mass is 1560 g/mol. The second-order valence-corrected chi connectivity index (χ2v) is 26.7. The minimum absolute atomic E-state index is 0.784. The van der Waals surface area contributed by atoms with Gasteiger partial charge in [-0.05, 0) is 0 Å². The molecular weight excluding hydrogens is 1460 g/mol. The maximum Gasteiger partial charge on any atom is 0.217 e. The molecule has 9 fully saturated rings. The molecule has 106 heavy (non-hydrogen) atoms. The Labute approximate surface area is 598 Å². The number of aliphatic hydroxyl groups is 27. The first-order chi connectivity index (χ1) is 50.2. The summed E-state index contributed by atoms with van der Waals surface area (Å²) in [4.78, 5) is 25.0. The van der Waals surface area contributed by atoms with E-state index in [0.717, 1.165) is 13.8 Å². The highest BCUT2D eigenvalue weighted by Crippen LogP contribution is 2.40. The number of rotatable bonds is 27. The molecule has 0 bridgehead atoms. The molecule has 0 unspecified atom stereocenters. The number of ether oxygens (including phenoxy) is 17. The molecule has 2 amide bonds. The fraction of sp³-hybridized carbons (Fsp3) is 0.966. The van der Waals surface area contributed by atoms with Crippen molar-refractivity contribution in [2.75, 3.05) is 59.5 Å². The Balaban J connectivity index is 1.04. The molecule has 0 aromatic rings. The topological polar surface area (TPSA) is 761 Å². The smallest absolute Gasteiger partial charge is 0.217 e. The number of carbonyl (C=O) groups excluding carboxylic acids is 2. The quantitative estimate of drug-likeness (QED) is 0.0363. The van der Waals surface area contributed by atoms with Gasteiger partial charge >= 0.3 is 0 Å². The molecule has 0 aliphatic carbocycles. The Bertz CT molecular complexity index is 2710. The number of amides is 2. The van der Waals surface area contributed by atoms with Crippen LogP contribution in [0.2, 0.25) is 0 Å². The van der Waals surface area contributed by atoms with Crippen LogP contribution in [0.25, 0.3) is 0 Å². The molecule has 48 nitrogen and oxygen atoms in total. The molecule has 45 atom stereocenters. The summed E-state index contributed by atoms with van der Waals surface area (Å²) in [5.74, 6) is -1.72. The molecule has 9 aliphatic heterocycles. The normalized spacial score (nSPS) is 51.2. The highest BCUT2D eigenvalue weighted by Gasteiger charge is 2.61. The van der Waals surface area contributed by atoms with Gasteiger partial charge in [0.1, 0.15) is 220 Å². The molecule has 0 aromatic heterocycles. The summed E-state index contributed by atoms with van der Waals surface area (Å²) in [5, 5.41) is 301. The molecule has 9 heterocycles. The Morgan fingerprint density at radius 3 is 0.915 bits per heavy atom. The zero-order valence-corrected chi connectivity index (χ0v) is 56.2. The molecule has 0 radical (unpaired) electrons. The van der Waals surface area contributed by atoms with E-state index < -0.39 is 348 Å². The van der Waals surface area contributed by atoms with E-state index in [0.29, 0.717) is 0 Å². The minimum atomic E-state index is -2.56. The van der Waals surface area contributed by atoms with Crippen molar-refractivity contribution in [2.45, 2.75) is 290 Å². The third-order valence-electron chi connectivity index (χ3n) is 19.6. The summed E-state index contributed by atoms with van der Waals surface area (Å²) in [6.45, 7) is -7.92. The first-order valence-electron chi connectivity index (χ1n) is 33.7. The molecule has 9 saturated heterocycles. The van der Waals surface area contributed by atoms with Crippen LogP contribution in [0.15, 0.2) is 0 Å². The SMILES string of the molecule is CC(=O)N[C@@H]1[C@@H](O)[C@H](O[C@@H]2O[C@H](CO)[C@@H](O[C@@H]3O[C@H](CO[C@H]4O[C@H](CO)[C@@H](O)[C@H](O)[C@@H]4O[C@H]4O[C@H](CO)[C@@H](O)[C@H](O)[C@@H]4O[C@H]4O[C@H](CO)[C@@H](O)[C@H](O)[C@@H]4O)[C@@H](O)[C@H](O[C@H]4O[C@H](CO)[C@@H](O)[C@H](O[C@H]5O[C@H](CO)[C@@H](O)[C@H](O)[C@@H]5O[C@H]5O[C@H](CO)[C@@H](O)[C@H](O)[C@@H]5O)[C@@H]4O)[C@@H]3O)[C@H](O)[C@H]2NC(C)=O)[C@@H](CO)O[C@H]1O. The van der Waals surface area contributed by atoms with Crippen molar-refractivity contribution in [1.29, 1.82) is 0 Å². The Morgan fingerprint density at radius 2 is 0.509 bits per heavy atom. The van der Waals surface area contributed by atoms with Gasteiger partial charge in [0.2, 0.25) is 11.8 Å². The van der Waals surface area contributed by atoms with Crippen LogP contribution in [0.1, 0.15) is 13.8 Å². The second kappa shape index (κ2) is 37.9. The van der Waals surface area contributed by atoms with Crippen LogP contribution in [0.3, 0.4) is 0 Å². The standard InChI is InChI=1S/C58H98N2O46/c1-12(69)59-23-32(78)43(20(9-67)91-50(23)89)100-51-24(60-13(2)70)33(79)44(21(10-68)98-51)101-55-42(88)46(102-54-41(87)45(30(76)19(8-66)94-54)103-57-48(37(83)28(74)17(6-64)96-57)104-52-39(85)34(80)25(71)14(3-61)92-52)31(77)22(99-55)11-90-56-47(36(82)27(73)16(5-63)95-56)106-58-49(38(84)29(75)18(7-65)97-58)105-53-40(86)35(81)26(72)15(4-62)93-53/h14-58,61-68,71-89H,3-11H2,1-2H3,(H,59,69)(H,60,70)/t14-,15-,16-,17-,18-,19-,20-,21-,22-,23-,24-,25-,26-,27-,28-,29-,30-,31-,32-,33-,34+,35+,36+,37+,38+,39+,40+,41+,42+,43-,44-,45+,46+,47+,48+,49+,50-,51+,52-,53-,54-,55+,56+,57-,58-/m1/s1. The largest absolute Gasteiger partial charge is 0.394 e. The molecule has 9 aliphatic rings. The number of carbonyl (C=O) groups is 2. The average molecular weight is 1560 g/mol. The zero-order valence-electron chi connectivity index (χ0n) is 56.2. The van der Waals surface area contributed by atoms with Gasteiger partial charge in [0.15, 0.2) is 56.6 Å². The molecule has 0 saturated carbocycles. The van der Waals surface area contributed by atoms with Crippen molar-refractivity contribution >= 4 is 11.8 Å². The van der Waals surface area contributed by atoms with E-state index in [4.69, 9.17) is 80.5 Å². The summed E-state index contributed by atoms with van der Waals surface area (Å²) in [6, 6.07) is -3.56. The van der Waals surface area contributed by atoms with E-state index in [1.54, 1.807) is 0 Å². The minimum Gasteiger partial charge on any atom is -0.394 e. The highest BCUT2D eigenvalue weighted by molar-refractivity contribution is 5.73. The third-order valence-corrected chi connectivity index (χ3v) is 19.6. The third kappa shape index (κ3) is 18.5. The van der Waals surface area contributed by atoms with Crippen molar-refractivity contribution in [3.05, 3.63) is 0 Å². The number of hydrogen-bond donors (Lipinski definition) is 29. The van der Waals surface area contributed by atoms with Crippen LogP contribution in [0, 0.1) is 0 Å². The zero-order chi connectivity index (χ0) is 77.9. The van der Waals surface area contributed by atoms with Gasteiger partial charge in [-0.15, -0.1) is 0 Å². The van der Waals surface area contributed by atoms with E-state index in [-0.39, 0.29) is 0 Å². The lowest BCUT2D eigenvalue weighted by Crippen LogP contribution is -2.70. The van der Waals surface area contributed by atoms with E-state index in [1.807, 2.05) is 0 Å². The van der Waals surface area contributed by atoms with Crippen LogP contribution >= 0.6 is 0 Å². The van der Waals surface area contributed by atoms with E-state index in [1.165, 1.54) is 0 Å². The van der Waals surface area contributed by atoms with Gasteiger partial charge in [0.25, 0.3) is 0 Å². The summed E-state index contributed by atoms with van der Waals surface area (Å²) < 4.78 is 99.0. The van der Waals surface area contributed by atoms with E-state index >= 15 is 0 Å². The Kier molecular flexibility index (Phi) is 31.1. The van der Waals surface area contributed by atoms with Gasteiger partial charge in [-0.25, -0.2) is 0 Å². The molecule has 0 spiro atoms. The Hall–Kier alpha value is -2.82. The first kappa shape index (κ1) is 87.2. The van der Waals surface area contributed by atoms with Crippen LogP contribution < -0.4 is 10.6 Å². The van der Waals surface area contributed by atoms with Crippen LogP contribution in [-0.2, 0) is 90.1 Å². The molecule has 616 valence electrons. The summed E-state index contributed by atoms with van der Waals surface area (Å²) >= 11 is 0. The predicted octanol–water partition coefficient (Wildman–Crippen LogP) is -20.3. The van der Waals surface area contributed by atoms with Crippen molar-refractivity contribution in [3.63, 3.8) is 0 Å². The van der Waals surface area contributed by atoms with E-state index in [9.17, 15) is 147 Å². The fourth-order valence-electron chi connectivity index (χ4n) is 13.6. The van der Waals surface area contributed by atoms with Crippen LogP contribution in [0.4, 0.5) is 0 Å². The van der Waals surface area contributed by atoms with Gasteiger partial charge in [0.05, 0.1) is 59.5 Å². The summed E-state index contributed by atoms with van der Waals surface area (Å²) in [6.07, 6.45) is -90.9. The second-order valence-electron chi connectivity index (χ2n) is 26.7. The number of hydrogen-bond acceptors (Lipinski definition) is 46. The summed E-state index contributed by atoms with van der Waals surface area (Å²) in [7, 11) is 0. The number of aliphatic hydroxyl groups excluding tert-OH is 27. The maximum absolute atomic E-state index is 12.9. The summed E-state index contributed by atoms with van der Waals surface area (Å²) in [5.41, 5.74) is 0. The predicted molar refractivity (Wildman–Crippen MR) is 320 cm³/mol. The number of nitrogens with one attached hydrogen (secondary N) is 2. The van der Waals surface area contributed by atoms with Gasteiger partial charge in [-0.1, -0.05) is 0 Å². The van der Waals surface area contributed by atoms with Crippen molar-refractivity contribution in [3.8, 4) is 0 Å². The Morgan fingerprint density at radius 1 is 0.245 bits per heavy atom. The van der Waals surface area contributed by atoms with Crippen LogP contribution in [0.5, 0.6) is 0 Å². The lowest BCUT2D eigenvalue weighted by molar-refractivity contribution is -0.404. The van der Waals surface area contributed by atoms with Crippen molar-refractivity contribution in [2.24, 2.45) is 0 Å². The molecule has 0 aromatic carbocycles. The highest BCUT2D eigenvalue weighted by atomic mass is 16.8. The van der Waals surface area contributed by atoms with E-state index in [2.05, 4.69) is 10.6 Å². The fourth-order valence-corrected chi connectivity index (χ4v) is 13.6. The lowest BCUT2D eigenvalue weighted by atomic mass is 9.94. The van der Waals surface area contributed by atoms with Gasteiger partial charge in [0, 0.05) is 13.8 Å². The van der Waals surface area contributed by atoms with Gasteiger partial charge < -0.3 is 229 Å². The molecule has 48 heteroatoms. The molecular formula is C58H98N2O46. The lowest BCUT2D eigenvalue weighted by Gasteiger charge is -2.51. The molecule has 9 rings (SSSR count). The first-order valence-corrected chi connectivity index (χ1v) is 33.7. The van der Waals surface area contributed by atoms with Crippen molar-refractivity contribution < 1.29 is 228 Å².